The van der Waals surface area contributed by atoms with Crippen LogP contribution in [0.2, 0.25) is 0 Å². The van der Waals surface area contributed by atoms with Crippen LogP contribution < -0.4 is 5.32 Å². The molecule has 0 radical (unpaired) electrons. The standard InChI is InChI=1S/C19H24FN3O2S/c1-21-18(24)10-19-22-15(13-26-19)11-23-8-6-16(7-9-23)25-12-14-4-2-3-5-17(14)20/h2-5,13,16H,6-12H2,1H3,(H,21,24). The molecule has 3 rings (SSSR count). The average molecular weight is 377 g/mol. The number of hydrogen-bond donors (Lipinski definition) is 1. The van der Waals surface area contributed by atoms with Gasteiger partial charge in [0.15, 0.2) is 0 Å². The van der Waals surface area contributed by atoms with Crippen molar-refractivity contribution >= 4 is 17.2 Å². The summed E-state index contributed by atoms with van der Waals surface area (Å²) in [4.78, 5) is 18.3. The number of thiazole rings is 1. The molecule has 2 heterocycles. The summed E-state index contributed by atoms with van der Waals surface area (Å²) in [5.41, 5.74) is 1.63. The number of nitrogens with one attached hydrogen (secondary N) is 1. The third-order valence-corrected chi connectivity index (χ3v) is 5.44. The van der Waals surface area contributed by atoms with Crippen LogP contribution in [0.3, 0.4) is 0 Å². The Morgan fingerprint density at radius 1 is 1.38 bits per heavy atom. The zero-order chi connectivity index (χ0) is 18.4. The van der Waals surface area contributed by atoms with Crippen molar-refractivity contribution in [2.75, 3.05) is 20.1 Å². The van der Waals surface area contributed by atoms with E-state index in [4.69, 9.17) is 4.74 Å². The number of rotatable bonds is 7. The van der Waals surface area contributed by atoms with Crippen molar-refractivity contribution in [3.63, 3.8) is 0 Å². The van der Waals surface area contributed by atoms with E-state index in [0.29, 0.717) is 18.6 Å². The van der Waals surface area contributed by atoms with E-state index in [1.165, 1.54) is 17.4 Å². The normalized spacial score (nSPS) is 15.9. The number of halogens is 1. The Morgan fingerprint density at radius 3 is 2.88 bits per heavy atom. The largest absolute Gasteiger partial charge is 0.373 e. The third kappa shape index (κ3) is 5.33. The molecule has 7 heteroatoms. The lowest BCUT2D eigenvalue weighted by Crippen LogP contribution is -2.36. The molecule has 0 bridgehead atoms. The van der Waals surface area contributed by atoms with Crippen molar-refractivity contribution in [3.05, 3.63) is 51.7 Å². The van der Waals surface area contributed by atoms with Crippen molar-refractivity contribution in [2.24, 2.45) is 0 Å². The summed E-state index contributed by atoms with van der Waals surface area (Å²) in [7, 11) is 1.63. The Kier molecular flexibility index (Phi) is 6.71. The van der Waals surface area contributed by atoms with Gasteiger partial charge in [-0.05, 0) is 18.9 Å². The van der Waals surface area contributed by atoms with Crippen LogP contribution in [0, 0.1) is 5.82 Å². The van der Waals surface area contributed by atoms with E-state index in [1.807, 2.05) is 11.4 Å². The van der Waals surface area contributed by atoms with E-state index in [2.05, 4.69) is 15.2 Å². The number of likely N-dealkylation sites (N-methyl/N-ethyl adjacent to an activating group) is 1. The molecular weight excluding hydrogens is 353 g/mol. The maximum absolute atomic E-state index is 13.6. The first-order valence-electron chi connectivity index (χ1n) is 8.85. The molecule has 26 heavy (non-hydrogen) atoms. The van der Waals surface area contributed by atoms with Crippen LogP contribution in [0.1, 0.15) is 29.1 Å². The predicted molar refractivity (Wildman–Crippen MR) is 99.4 cm³/mol. The second-order valence-electron chi connectivity index (χ2n) is 6.46. The van der Waals surface area contributed by atoms with Gasteiger partial charge in [-0.1, -0.05) is 18.2 Å². The number of nitrogens with zero attached hydrogens (tertiary/aromatic N) is 2. The van der Waals surface area contributed by atoms with Gasteiger partial charge in [0.05, 0.1) is 24.8 Å². The Bertz CT molecular complexity index is 729. The highest BCUT2D eigenvalue weighted by molar-refractivity contribution is 7.09. The van der Waals surface area contributed by atoms with Gasteiger partial charge in [-0.25, -0.2) is 9.37 Å². The van der Waals surface area contributed by atoms with Crippen LogP contribution in [0.25, 0.3) is 0 Å². The van der Waals surface area contributed by atoms with Gasteiger partial charge >= 0.3 is 0 Å². The van der Waals surface area contributed by atoms with Crippen LogP contribution in [-0.2, 0) is 29.1 Å². The summed E-state index contributed by atoms with van der Waals surface area (Å²) in [5, 5.41) is 5.49. The lowest BCUT2D eigenvalue weighted by molar-refractivity contribution is -0.119. The van der Waals surface area contributed by atoms with Crippen molar-refractivity contribution in [3.8, 4) is 0 Å². The minimum absolute atomic E-state index is 0.0151. The lowest BCUT2D eigenvalue weighted by Gasteiger charge is -2.31. The number of hydrogen-bond acceptors (Lipinski definition) is 5. The number of benzene rings is 1. The van der Waals surface area contributed by atoms with Gasteiger partial charge < -0.3 is 10.1 Å². The second-order valence-corrected chi connectivity index (χ2v) is 7.40. The molecule has 1 amide bonds. The number of ether oxygens (including phenoxy) is 1. The molecule has 0 aliphatic carbocycles. The molecule has 1 aromatic carbocycles. The highest BCUT2D eigenvalue weighted by atomic mass is 32.1. The second kappa shape index (κ2) is 9.21. The Balaban J connectivity index is 1.41. The molecule has 0 spiro atoms. The number of aromatic nitrogens is 1. The molecule has 0 saturated carbocycles. The Labute approximate surface area is 157 Å². The molecule has 1 N–H and O–H groups in total. The SMILES string of the molecule is CNC(=O)Cc1nc(CN2CCC(OCc3ccccc3F)CC2)cs1. The van der Waals surface area contributed by atoms with Gasteiger partial charge in [0.1, 0.15) is 10.8 Å². The number of carbonyl (C=O) groups excluding carboxylic acids is 1. The van der Waals surface area contributed by atoms with Gasteiger partial charge in [-0.3, -0.25) is 9.69 Å². The summed E-state index contributed by atoms with van der Waals surface area (Å²) in [6.45, 7) is 2.99. The highest BCUT2D eigenvalue weighted by Crippen LogP contribution is 2.19. The molecule has 140 valence electrons. The summed E-state index contributed by atoms with van der Waals surface area (Å²) in [5.74, 6) is -0.222. The van der Waals surface area contributed by atoms with Crippen molar-refractivity contribution in [1.82, 2.24) is 15.2 Å². The van der Waals surface area contributed by atoms with E-state index in [1.54, 1.807) is 19.2 Å². The third-order valence-electron chi connectivity index (χ3n) is 4.54. The maximum atomic E-state index is 13.6. The molecule has 1 aliphatic rings. The van der Waals surface area contributed by atoms with Crippen LogP contribution in [0.5, 0.6) is 0 Å². The fourth-order valence-electron chi connectivity index (χ4n) is 3.01. The minimum Gasteiger partial charge on any atom is -0.373 e. The summed E-state index contributed by atoms with van der Waals surface area (Å²) in [6, 6.07) is 6.75. The zero-order valence-electron chi connectivity index (χ0n) is 14.9. The number of likely N-dealkylation sites (tertiary alicyclic amines) is 1. The Morgan fingerprint density at radius 2 is 2.15 bits per heavy atom. The molecule has 0 unspecified atom stereocenters. The monoisotopic (exact) mass is 377 g/mol. The van der Waals surface area contributed by atoms with E-state index >= 15 is 0 Å². The van der Waals surface area contributed by atoms with E-state index < -0.39 is 0 Å². The fourth-order valence-corrected chi connectivity index (χ4v) is 3.80. The van der Waals surface area contributed by atoms with Gasteiger partial charge in [0, 0.05) is 37.6 Å². The quantitative estimate of drug-likeness (QED) is 0.806. The van der Waals surface area contributed by atoms with Crippen molar-refractivity contribution in [2.45, 2.75) is 38.5 Å². The molecule has 1 saturated heterocycles. The lowest BCUT2D eigenvalue weighted by atomic mass is 10.1. The molecule has 1 aromatic heterocycles. The summed E-state index contributed by atoms with van der Waals surface area (Å²) < 4.78 is 19.5. The predicted octanol–water partition coefficient (Wildman–Crippen LogP) is 2.75. The van der Waals surface area contributed by atoms with Gasteiger partial charge in [0.2, 0.25) is 5.91 Å². The summed E-state index contributed by atoms with van der Waals surface area (Å²) >= 11 is 1.53. The first-order valence-corrected chi connectivity index (χ1v) is 9.73. The Hall–Kier alpha value is -1.83. The van der Waals surface area contributed by atoms with Gasteiger partial charge in [-0.2, -0.15) is 0 Å². The van der Waals surface area contributed by atoms with Crippen LogP contribution in [-0.4, -0.2) is 42.0 Å². The molecule has 0 atom stereocenters. The molecule has 1 fully saturated rings. The van der Waals surface area contributed by atoms with E-state index in [9.17, 15) is 9.18 Å². The fraction of sp³-hybridized carbons (Fsp3) is 0.474. The van der Waals surface area contributed by atoms with E-state index in [0.717, 1.165) is 43.2 Å². The minimum atomic E-state index is -0.207. The number of amides is 1. The molecular formula is C19H24FN3O2S. The van der Waals surface area contributed by atoms with Gasteiger partial charge in [0.25, 0.3) is 0 Å². The summed E-state index contributed by atoms with van der Waals surface area (Å²) in [6.07, 6.45) is 2.38. The molecule has 2 aromatic rings. The average Bonchev–Trinajstić information content (AvgIpc) is 3.09. The topological polar surface area (TPSA) is 54.5 Å². The first-order chi connectivity index (χ1) is 12.6. The zero-order valence-corrected chi connectivity index (χ0v) is 15.7. The molecule has 1 aliphatic heterocycles. The highest BCUT2D eigenvalue weighted by Gasteiger charge is 2.21. The van der Waals surface area contributed by atoms with Gasteiger partial charge in [-0.15, -0.1) is 11.3 Å². The maximum Gasteiger partial charge on any atom is 0.226 e. The number of carbonyl (C=O) groups is 1. The first kappa shape index (κ1) is 18.9. The van der Waals surface area contributed by atoms with Crippen LogP contribution in [0.15, 0.2) is 29.6 Å². The molecule has 5 nitrogen and oxygen atoms in total. The van der Waals surface area contributed by atoms with Crippen LogP contribution in [0.4, 0.5) is 4.39 Å². The smallest absolute Gasteiger partial charge is 0.226 e. The van der Waals surface area contributed by atoms with E-state index in [-0.39, 0.29) is 17.8 Å². The van der Waals surface area contributed by atoms with Crippen molar-refractivity contribution in [1.29, 1.82) is 0 Å². The van der Waals surface area contributed by atoms with Crippen LogP contribution >= 0.6 is 11.3 Å². The number of piperidine rings is 1. The van der Waals surface area contributed by atoms with Crippen molar-refractivity contribution < 1.29 is 13.9 Å².